The normalized spacial score (nSPS) is 13.3. The third-order valence-corrected chi connectivity index (χ3v) is 6.59. The number of aliphatic imine (C=N–C) groups is 1. The van der Waals surface area contributed by atoms with Crippen LogP contribution in [0.4, 0.5) is 11.4 Å². The molecule has 0 saturated carbocycles. The maximum absolute atomic E-state index is 12.8. The van der Waals surface area contributed by atoms with Crippen LogP contribution in [0.15, 0.2) is 47.0 Å². The van der Waals surface area contributed by atoms with Crippen LogP contribution >= 0.6 is 0 Å². The summed E-state index contributed by atoms with van der Waals surface area (Å²) in [5.74, 6) is 1.07. The molecule has 0 saturated heterocycles. The van der Waals surface area contributed by atoms with Gasteiger partial charge in [0.2, 0.25) is 0 Å². The fourth-order valence-electron chi connectivity index (χ4n) is 4.45. The SMILES string of the molecule is CCCCN(CC)c1ccc(/N=C2\C(C#N)=C(C(=O)OC)c3nc(-c4cc(OC)ccc4OC)nn32)c(C)c1. The standard InChI is InChI=1S/C29H32N6O4/c1-7-9-14-34(8-2)19-10-12-23(18(3)15-19)31-27-22(17-30)25(29(36)39-6)28-32-26(33-35(27)28)21-16-20(37-4)11-13-24(21)38-5/h10-13,15-16H,7-9,14H2,1-6H3/b31-27+. The number of ether oxygens (including phenoxy) is 3. The van der Waals surface area contributed by atoms with Gasteiger partial charge in [-0.2, -0.15) is 9.94 Å². The lowest BCUT2D eigenvalue weighted by Gasteiger charge is -2.23. The molecular formula is C29H32N6O4. The Kier molecular flexibility index (Phi) is 8.30. The maximum atomic E-state index is 12.8. The lowest BCUT2D eigenvalue weighted by atomic mass is 10.1. The molecule has 0 fully saturated rings. The molecule has 0 N–H and O–H groups in total. The Bertz CT molecular complexity index is 1500. The van der Waals surface area contributed by atoms with Gasteiger partial charge < -0.3 is 19.1 Å². The molecule has 0 amide bonds. The minimum Gasteiger partial charge on any atom is -0.497 e. The summed E-state index contributed by atoms with van der Waals surface area (Å²) in [6, 6.07) is 13.4. The molecule has 0 radical (unpaired) electrons. The molecule has 1 aromatic heterocycles. The summed E-state index contributed by atoms with van der Waals surface area (Å²) in [4.78, 5) is 24.5. The topological polar surface area (TPSA) is 115 Å². The number of anilines is 1. The van der Waals surface area contributed by atoms with Gasteiger partial charge in [-0.1, -0.05) is 13.3 Å². The molecule has 4 rings (SSSR count). The van der Waals surface area contributed by atoms with Gasteiger partial charge in [0.05, 0.1) is 32.6 Å². The van der Waals surface area contributed by atoms with Gasteiger partial charge in [0, 0.05) is 18.8 Å². The molecule has 39 heavy (non-hydrogen) atoms. The van der Waals surface area contributed by atoms with E-state index in [9.17, 15) is 10.1 Å². The number of allylic oxidation sites excluding steroid dienone is 1. The van der Waals surface area contributed by atoms with Crippen molar-refractivity contribution in [1.29, 1.82) is 5.26 Å². The molecule has 10 heteroatoms. The molecule has 0 bridgehead atoms. The number of methoxy groups -OCH3 is 3. The number of nitriles is 1. The Balaban J connectivity index is 1.86. The number of hydrogen-bond donors (Lipinski definition) is 0. The summed E-state index contributed by atoms with van der Waals surface area (Å²) in [6.45, 7) is 8.16. The van der Waals surface area contributed by atoms with E-state index in [2.05, 4.69) is 41.0 Å². The number of nitrogens with zero attached hydrogens (tertiary/aromatic N) is 6. The second-order valence-electron chi connectivity index (χ2n) is 8.93. The molecular weight excluding hydrogens is 496 g/mol. The zero-order valence-corrected chi connectivity index (χ0v) is 23.1. The first-order chi connectivity index (χ1) is 18.9. The number of aryl methyl sites for hydroxylation is 1. The van der Waals surface area contributed by atoms with Gasteiger partial charge in [-0.25, -0.2) is 14.8 Å². The average molecular weight is 529 g/mol. The molecule has 0 unspecified atom stereocenters. The highest BCUT2D eigenvalue weighted by Gasteiger charge is 2.37. The van der Waals surface area contributed by atoms with E-state index in [0.717, 1.165) is 37.2 Å². The summed E-state index contributed by atoms with van der Waals surface area (Å²) in [5, 5.41) is 14.7. The Morgan fingerprint density at radius 2 is 1.92 bits per heavy atom. The monoisotopic (exact) mass is 528 g/mol. The number of carbonyl (C=O) groups excluding carboxylic acids is 1. The fourth-order valence-corrected chi connectivity index (χ4v) is 4.45. The van der Waals surface area contributed by atoms with E-state index in [1.165, 1.54) is 11.8 Å². The lowest BCUT2D eigenvalue weighted by molar-refractivity contribution is -0.133. The molecule has 202 valence electrons. The van der Waals surface area contributed by atoms with Crippen LogP contribution in [-0.2, 0) is 9.53 Å². The van der Waals surface area contributed by atoms with Crippen LogP contribution in [0.2, 0.25) is 0 Å². The molecule has 1 aliphatic heterocycles. The van der Waals surface area contributed by atoms with E-state index in [4.69, 9.17) is 19.2 Å². The Morgan fingerprint density at radius 1 is 1.13 bits per heavy atom. The highest BCUT2D eigenvalue weighted by atomic mass is 16.5. The number of rotatable bonds is 10. The van der Waals surface area contributed by atoms with Gasteiger partial charge in [-0.15, -0.1) is 5.10 Å². The predicted octanol–water partition coefficient (Wildman–Crippen LogP) is 4.94. The van der Waals surface area contributed by atoms with Crippen LogP contribution < -0.4 is 14.4 Å². The highest BCUT2D eigenvalue weighted by Crippen LogP contribution is 2.36. The van der Waals surface area contributed by atoms with Gasteiger partial charge >= 0.3 is 5.97 Å². The van der Waals surface area contributed by atoms with Crippen molar-refractivity contribution < 1.29 is 19.0 Å². The van der Waals surface area contributed by atoms with Crippen molar-refractivity contribution in [3.05, 3.63) is 53.4 Å². The van der Waals surface area contributed by atoms with Crippen LogP contribution in [-0.4, -0.2) is 61.0 Å². The van der Waals surface area contributed by atoms with Crippen molar-refractivity contribution in [2.75, 3.05) is 39.3 Å². The number of esters is 1. The Morgan fingerprint density at radius 3 is 2.54 bits per heavy atom. The second-order valence-corrected chi connectivity index (χ2v) is 8.93. The van der Waals surface area contributed by atoms with Crippen LogP contribution in [0.25, 0.3) is 17.0 Å². The Labute approximate surface area is 228 Å². The van der Waals surface area contributed by atoms with E-state index < -0.39 is 5.97 Å². The number of hydrogen-bond acceptors (Lipinski definition) is 9. The first-order valence-electron chi connectivity index (χ1n) is 12.8. The van der Waals surface area contributed by atoms with E-state index in [1.807, 2.05) is 19.1 Å². The van der Waals surface area contributed by atoms with Gasteiger partial charge in [-0.05, 0) is 62.2 Å². The molecule has 3 aromatic rings. The van der Waals surface area contributed by atoms with Crippen LogP contribution in [0.1, 0.15) is 38.1 Å². The number of fused-ring (bicyclic) bond motifs is 1. The highest BCUT2D eigenvalue weighted by molar-refractivity contribution is 6.29. The summed E-state index contributed by atoms with van der Waals surface area (Å²) >= 11 is 0. The molecule has 2 aromatic carbocycles. The van der Waals surface area contributed by atoms with E-state index in [1.54, 1.807) is 32.4 Å². The molecule has 10 nitrogen and oxygen atoms in total. The summed E-state index contributed by atoms with van der Waals surface area (Å²) in [7, 11) is 4.36. The van der Waals surface area contributed by atoms with Crippen LogP contribution in [0, 0.1) is 18.3 Å². The summed E-state index contributed by atoms with van der Waals surface area (Å²) in [6.07, 6.45) is 2.23. The van der Waals surface area contributed by atoms with Crippen LogP contribution in [0.3, 0.4) is 0 Å². The minimum absolute atomic E-state index is 0.00496. The van der Waals surface area contributed by atoms with E-state index in [0.29, 0.717) is 22.7 Å². The Hall–Kier alpha value is -4.65. The second kappa shape index (κ2) is 11.8. The predicted molar refractivity (Wildman–Crippen MR) is 150 cm³/mol. The molecule has 2 heterocycles. The quantitative estimate of drug-likeness (QED) is 0.340. The van der Waals surface area contributed by atoms with Gasteiger partial charge in [0.25, 0.3) is 0 Å². The number of unbranched alkanes of at least 4 members (excludes halogenated alkanes) is 1. The number of aromatic nitrogens is 3. The van der Waals surface area contributed by atoms with Gasteiger partial charge in [-0.3, -0.25) is 0 Å². The third kappa shape index (κ3) is 5.21. The zero-order chi connectivity index (χ0) is 28.1. The maximum Gasteiger partial charge on any atom is 0.343 e. The molecule has 1 aliphatic rings. The summed E-state index contributed by atoms with van der Waals surface area (Å²) < 4.78 is 17.3. The van der Waals surface area contributed by atoms with Crippen molar-refractivity contribution in [1.82, 2.24) is 14.8 Å². The van der Waals surface area contributed by atoms with E-state index in [-0.39, 0.29) is 28.6 Å². The van der Waals surface area contributed by atoms with Crippen molar-refractivity contribution in [3.63, 3.8) is 0 Å². The number of benzene rings is 2. The lowest BCUT2D eigenvalue weighted by Crippen LogP contribution is -2.23. The third-order valence-electron chi connectivity index (χ3n) is 6.59. The summed E-state index contributed by atoms with van der Waals surface area (Å²) in [5.41, 5.74) is 3.30. The van der Waals surface area contributed by atoms with Crippen molar-refractivity contribution in [2.45, 2.75) is 33.6 Å². The van der Waals surface area contributed by atoms with Crippen molar-refractivity contribution in [3.8, 4) is 29.0 Å². The largest absolute Gasteiger partial charge is 0.497 e. The minimum atomic E-state index is -0.698. The molecule has 0 aliphatic carbocycles. The van der Waals surface area contributed by atoms with Crippen LogP contribution in [0.5, 0.6) is 11.5 Å². The smallest absolute Gasteiger partial charge is 0.343 e. The first-order valence-corrected chi connectivity index (χ1v) is 12.8. The van der Waals surface area contributed by atoms with Gasteiger partial charge in [0.15, 0.2) is 17.5 Å². The zero-order valence-electron chi connectivity index (χ0n) is 23.1. The number of carbonyl (C=O) groups is 1. The first kappa shape index (κ1) is 27.4. The van der Waals surface area contributed by atoms with Gasteiger partial charge in [0.1, 0.15) is 28.7 Å². The van der Waals surface area contributed by atoms with Crippen molar-refractivity contribution >= 4 is 28.8 Å². The fraction of sp³-hybridized carbons (Fsp3) is 0.345. The molecule has 0 atom stereocenters. The average Bonchev–Trinajstić information content (AvgIpc) is 3.51. The van der Waals surface area contributed by atoms with E-state index >= 15 is 0 Å². The van der Waals surface area contributed by atoms with Crippen molar-refractivity contribution in [2.24, 2.45) is 4.99 Å². The molecule has 0 spiro atoms.